The minimum absolute atomic E-state index is 0.589. The molecule has 0 atom stereocenters. The highest BCUT2D eigenvalue weighted by molar-refractivity contribution is 7.80. The van der Waals surface area contributed by atoms with Crippen molar-refractivity contribution in [2.45, 2.75) is 18.7 Å². The zero-order valence-corrected chi connectivity index (χ0v) is 8.84. The summed E-state index contributed by atoms with van der Waals surface area (Å²) in [7, 11) is 0. The summed E-state index contributed by atoms with van der Waals surface area (Å²) in [5.74, 6) is 0. The molecule has 0 saturated heterocycles. The second kappa shape index (κ2) is 5.76. The third kappa shape index (κ3) is 3.90. The van der Waals surface area contributed by atoms with Gasteiger partial charge in [0.05, 0.1) is 5.02 Å². The molecule has 0 aromatic heterocycles. The maximum absolute atomic E-state index is 5.65. The van der Waals surface area contributed by atoms with E-state index in [-0.39, 0.29) is 0 Å². The molecular weight excluding hydrogens is 199 g/mol. The van der Waals surface area contributed by atoms with Gasteiger partial charge < -0.3 is 0 Å². The van der Waals surface area contributed by atoms with E-state index in [2.05, 4.69) is 12.6 Å². The zero-order chi connectivity index (χ0) is 8.85. The summed E-state index contributed by atoms with van der Waals surface area (Å²) in [5.41, 5.74) is 0. The van der Waals surface area contributed by atoms with Crippen LogP contribution in [0.25, 0.3) is 0 Å². The van der Waals surface area contributed by atoms with Crippen LogP contribution in [-0.4, -0.2) is 0 Å². The molecule has 1 rings (SSSR count). The van der Waals surface area contributed by atoms with Crippen LogP contribution >= 0.6 is 35.8 Å². The van der Waals surface area contributed by atoms with Crippen LogP contribution in [0.15, 0.2) is 23.1 Å². The molecular formula is C8H10Cl2S. The fourth-order valence-electron chi connectivity index (χ4n) is 0.481. The highest BCUT2D eigenvalue weighted by Crippen LogP contribution is 2.22. The molecule has 62 valence electrons. The second-order valence-electron chi connectivity index (χ2n) is 1.60. The largest absolute Gasteiger partial charge is 0.142 e. The van der Waals surface area contributed by atoms with Gasteiger partial charge in [-0.25, -0.2) is 0 Å². The first-order valence-corrected chi connectivity index (χ1v) is 4.54. The molecule has 3 heteroatoms. The number of hydrogen-bond acceptors (Lipinski definition) is 1. The Kier molecular flexibility index (Phi) is 5.83. The third-order valence-corrected chi connectivity index (χ3v) is 1.98. The molecule has 0 heterocycles. The van der Waals surface area contributed by atoms with E-state index in [1.807, 2.05) is 13.8 Å². The van der Waals surface area contributed by atoms with Gasteiger partial charge in [0.1, 0.15) is 0 Å². The van der Waals surface area contributed by atoms with Crippen LogP contribution < -0.4 is 0 Å². The number of rotatable bonds is 0. The van der Waals surface area contributed by atoms with Crippen molar-refractivity contribution in [1.82, 2.24) is 0 Å². The Balaban J connectivity index is 0.000000461. The quantitative estimate of drug-likeness (QED) is 0.605. The van der Waals surface area contributed by atoms with E-state index in [0.717, 1.165) is 4.90 Å². The van der Waals surface area contributed by atoms with Gasteiger partial charge in [-0.3, -0.25) is 0 Å². The van der Waals surface area contributed by atoms with Crippen LogP contribution in [0.4, 0.5) is 0 Å². The van der Waals surface area contributed by atoms with Gasteiger partial charge in [0, 0.05) is 9.92 Å². The van der Waals surface area contributed by atoms with Crippen molar-refractivity contribution < 1.29 is 0 Å². The van der Waals surface area contributed by atoms with E-state index in [9.17, 15) is 0 Å². The molecule has 1 aromatic carbocycles. The fourth-order valence-corrected chi connectivity index (χ4v) is 1.03. The number of benzene rings is 1. The summed E-state index contributed by atoms with van der Waals surface area (Å²) in [4.78, 5) is 0.751. The van der Waals surface area contributed by atoms with Crippen molar-refractivity contribution in [2.24, 2.45) is 0 Å². The zero-order valence-electron chi connectivity index (χ0n) is 6.44. The van der Waals surface area contributed by atoms with Gasteiger partial charge in [0.25, 0.3) is 0 Å². The molecule has 0 saturated carbocycles. The Bertz CT molecular complexity index is 223. The van der Waals surface area contributed by atoms with Gasteiger partial charge in [-0.2, -0.15) is 0 Å². The Morgan fingerprint density at radius 2 is 1.73 bits per heavy atom. The van der Waals surface area contributed by atoms with Gasteiger partial charge >= 0.3 is 0 Å². The van der Waals surface area contributed by atoms with Gasteiger partial charge in [0.15, 0.2) is 0 Å². The van der Waals surface area contributed by atoms with Crippen molar-refractivity contribution in [3.05, 3.63) is 28.2 Å². The summed E-state index contributed by atoms with van der Waals surface area (Å²) in [6, 6.07) is 5.16. The van der Waals surface area contributed by atoms with Crippen LogP contribution in [-0.2, 0) is 0 Å². The lowest BCUT2D eigenvalue weighted by Crippen LogP contribution is -1.67. The Morgan fingerprint density at radius 1 is 1.18 bits per heavy atom. The maximum atomic E-state index is 5.65. The maximum Gasteiger partial charge on any atom is 0.0554 e. The SMILES string of the molecule is CC.Sc1ccc(Cl)cc1Cl. The normalized spacial score (nSPS) is 8.45. The summed E-state index contributed by atoms with van der Waals surface area (Å²) in [5, 5.41) is 1.23. The van der Waals surface area contributed by atoms with E-state index < -0.39 is 0 Å². The van der Waals surface area contributed by atoms with Gasteiger partial charge in [-0.15, -0.1) is 12.6 Å². The molecule has 1 aromatic rings. The van der Waals surface area contributed by atoms with E-state index >= 15 is 0 Å². The lowest BCUT2D eigenvalue weighted by atomic mass is 10.4. The van der Waals surface area contributed by atoms with Crippen LogP contribution in [0.3, 0.4) is 0 Å². The Labute approximate surface area is 82.9 Å². The van der Waals surface area contributed by atoms with Crippen LogP contribution in [0.5, 0.6) is 0 Å². The third-order valence-electron chi connectivity index (χ3n) is 0.910. The standard InChI is InChI=1S/C6H4Cl2S.C2H6/c7-4-1-2-6(9)5(8)3-4;1-2/h1-3,9H;1-2H3. The molecule has 11 heavy (non-hydrogen) atoms. The Morgan fingerprint density at radius 3 is 2.09 bits per heavy atom. The second-order valence-corrected chi connectivity index (χ2v) is 2.92. The van der Waals surface area contributed by atoms with Crippen molar-refractivity contribution in [3.63, 3.8) is 0 Å². The number of halogens is 2. The van der Waals surface area contributed by atoms with E-state index in [0.29, 0.717) is 10.0 Å². The van der Waals surface area contributed by atoms with Crippen molar-refractivity contribution in [1.29, 1.82) is 0 Å². The predicted molar refractivity (Wildman–Crippen MR) is 55.1 cm³/mol. The molecule has 0 radical (unpaired) electrons. The Hall–Kier alpha value is 0.150. The molecule has 0 fully saturated rings. The predicted octanol–water partition coefficient (Wildman–Crippen LogP) is 4.31. The molecule has 0 nitrogen and oxygen atoms in total. The van der Waals surface area contributed by atoms with Crippen molar-refractivity contribution in [3.8, 4) is 0 Å². The lowest BCUT2D eigenvalue weighted by Gasteiger charge is -1.93. The van der Waals surface area contributed by atoms with Crippen molar-refractivity contribution >= 4 is 35.8 Å². The van der Waals surface area contributed by atoms with E-state index in [1.165, 1.54) is 0 Å². The average Bonchev–Trinajstić information content (AvgIpc) is 2.02. The molecule has 0 unspecified atom stereocenters. The number of thiol groups is 1. The van der Waals surface area contributed by atoms with Gasteiger partial charge in [-0.1, -0.05) is 37.0 Å². The van der Waals surface area contributed by atoms with E-state index in [1.54, 1.807) is 18.2 Å². The lowest BCUT2D eigenvalue weighted by molar-refractivity contribution is 1.48. The van der Waals surface area contributed by atoms with Gasteiger partial charge in [-0.05, 0) is 18.2 Å². The van der Waals surface area contributed by atoms with Crippen LogP contribution in [0.2, 0.25) is 10.0 Å². The summed E-state index contributed by atoms with van der Waals surface area (Å²) < 4.78 is 0. The first kappa shape index (κ1) is 11.2. The number of hydrogen-bond donors (Lipinski definition) is 1. The average molecular weight is 209 g/mol. The molecule has 0 aliphatic rings. The van der Waals surface area contributed by atoms with Crippen LogP contribution in [0.1, 0.15) is 13.8 Å². The van der Waals surface area contributed by atoms with Crippen molar-refractivity contribution in [2.75, 3.05) is 0 Å². The smallest absolute Gasteiger partial charge is 0.0554 e. The summed E-state index contributed by atoms with van der Waals surface area (Å²) in [6.45, 7) is 4.00. The molecule has 0 aliphatic carbocycles. The van der Waals surface area contributed by atoms with E-state index in [4.69, 9.17) is 23.2 Å². The first-order chi connectivity index (χ1) is 5.20. The first-order valence-electron chi connectivity index (χ1n) is 3.34. The topological polar surface area (TPSA) is 0 Å². The van der Waals surface area contributed by atoms with Gasteiger partial charge in [0.2, 0.25) is 0 Å². The fraction of sp³-hybridized carbons (Fsp3) is 0.250. The highest BCUT2D eigenvalue weighted by atomic mass is 35.5. The monoisotopic (exact) mass is 208 g/mol. The summed E-state index contributed by atoms with van der Waals surface area (Å²) >= 11 is 15.3. The molecule has 0 amide bonds. The molecule has 0 bridgehead atoms. The minimum atomic E-state index is 0.589. The molecule has 0 aliphatic heterocycles. The highest BCUT2D eigenvalue weighted by Gasteiger charge is 1.93. The summed E-state index contributed by atoms with van der Waals surface area (Å²) in [6.07, 6.45) is 0. The molecule has 0 N–H and O–H groups in total. The van der Waals surface area contributed by atoms with Crippen LogP contribution in [0, 0.1) is 0 Å². The molecule has 0 spiro atoms. The minimum Gasteiger partial charge on any atom is -0.142 e.